The molecule has 0 rings (SSSR count). The molecule has 14 heavy (non-hydrogen) atoms. The molecule has 7 heteroatoms. The second-order valence-electron chi connectivity index (χ2n) is 3.30. The van der Waals surface area contributed by atoms with Gasteiger partial charge in [0, 0.05) is 32.7 Å². The van der Waals surface area contributed by atoms with Gasteiger partial charge >= 0.3 is 0 Å². The zero-order valence-electron chi connectivity index (χ0n) is 9.27. The summed E-state index contributed by atoms with van der Waals surface area (Å²) in [6.45, 7) is 0.472. The molecule has 0 aliphatic heterocycles. The molecule has 1 radical (unpaired) electrons. The molecule has 0 amide bonds. The quantitative estimate of drug-likeness (QED) is 0.533. The third-order valence-electron chi connectivity index (χ3n) is 0.539. The van der Waals surface area contributed by atoms with Gasteiger partial charge in [-0.05, 0) is 6.54 Å². The van der Waals surface area contributed by atoms with Crippen LogP contribution in [0.5, 0.6) is 0 Å². The molecule has 0 atom stereocenters. The zero-order chi connectivity index (χ0) is 10.4. The first-order chi connectivity index (χ1) is 5.06. The monoisotopic (exact) mass is 300 g/mol. The van der Waals surface area contributed by atoms with Crippen molar-refractivity contribution in [1.29, 1.82) is 0 Å². The van der Waals surface area contributed by atoms with Crippen LogP contribution < -0.4 is 0 Å². The molecule has 0 bridgehead atoms. The molecular formula is C7H17NO4SY-4. The second-order valence-corrected chi connectivity index (χ2v) is 4.71. The van der Waals surface area contributed by atoms with E-state index in [-0.39, 0.29) is 40.1 Å². The van der Waals surface area contributed by atoms with E-state index >= 15 is 0 Å². The molecular weight excluding hydrogens is 283 g/mol. The van der Waals surface area contributed by atoms with Crippen LogP contribution in [-0.2, 0) is 37.5 Å². The zero-order valence-corrected chi connectivity index (χ0v) is 12.9. The molecule has 0 aliphatic rings. The fraction of sp³-hybridized carbons (Fsp3) is 0.714. The van der Waals surface area contributed by atoms with Crippen molar-refractivity contribution in [2.24, 2.45) is 0 Å². The van der Waals surface area contributed by atoms with Crippen LogP contribution in [0.1, 0.15) is 0 Å². The molecule has 0 aromatic carbocycles. The van der Waals surface area contributed by atoms with E-state index in [0.717, 1.165) is 0 Å². The van der Waals surface area contributed by atoms with Crippen molar-refractivity contribution in [3.8, 4) is 0 Å². The largest absolute Gasteiger partial charge is 0.834 e. The summed E-state index contributed by atoms with van der Waals surface area (Å²) in [4.78, 5) is 9.68. The molecule has 0 spiro atoms. The van der Waals surface area contributed by atoms with Gasteiger partial charge in [0.25, 0.3) is 0 Å². The predicted molar refractivity (Wildman–Crippen MR) is 50.9 cm³/mol. The Morgan fingerprint density at radius 1 is 1.21 bits per heavy atom. The van der Waals surface area contributed by atoms with E-state index in [1.54, 1.807) is 0 Å². The number of likely N-dealkylation sites (N-methyl/N-ethyl adjacent to an activating group) is 1. The average Bonchev–Trinajstić information content (AvgIpc) is 1.54. The Morgan fingerprint density at radius 2 is 1.43 bits per heavy atom. The van der Waals surface area contributed by atoms with Gasteiger partial charge < -0.3 is 41.2 Å². The maximum absolute atomic E-state index is 9.68. The summed E-state index contributed by atoms with van der Waals surface area (Å²) >= 11 is 0. The van der Waals surface area contributed by atoms with Crippen LogP contribution in [0, 0.1) is 7.43 Å². The van der Waals surface area contributed by atoms with Crippen molar-refractivity contribution in [2.75, 3.05) is 33.9 Å². The van der Waals surface area contributed by atoms with Crippen LogP contribution >= 0.6 is 10.9 Å². The minimum Gasteiger partial charge on any atom is -0.834 e. The van der Waals surface area contributed by atoms with Gasteiger partial charge in [-0.3, -0.25) is 0 Å². The fourth-order valence-corrected chi connectivity index (χ4v) is 0.194. The Bertz CT molecular complexity index is 127. The number of rotatable bonds is 2. The normalized spacial score (nSPS) is 11.1. The molecule has 5 nitrogen and oxygen atoms in total. The summed E-state index contributed by atoms with van der Waals surface area (Å²) in [6.07, 6.45) is 2.43. The van der Waals surface area contributed by atoms with Crippen molar-refractivity contribution < 1.29 is 55.6 Å². The Kier molecular flexibility index (Phi) is 18.2. The van der Waals surface area contributed by atoms with E-state index in [2.05, 4.69) is 0 Å². The second kappa shape index (κ2) is 10.5. The van der Waals surface area contributed by atoms with Crippen molar-refractivity contribution in [3.63, 3.8) is 0 Å². The summed E-state index contributed by atoms with van der Waals surface area (Å²) in [6, 6.07) is 0. The summed E-state index contributed by atoms with van der Waals surface area (Å²) in [5.41, 5.74) is 0. The standard InChI is InChI=1S/C5H11NO.CH6O3S.CH3.Y/c1-6(2,3)4-5-7;1-5(2,3)4;;/h4H2,1-3H3;2-4H,1H3;1H3;/q;;-1;/p-3. The maximum atomic E-state index is 9.68. The molecule has 0 N–H and O–H groups in total. The molecule has 0 fully saturated rings. The van der Waals surface area contributed by atoms with Crippen LogP contribution in [0.2, 0.25) is 0 Å². The van der Waals surface area contributed by atoms with Crippen LogP contribution in [0.4, 0.5) is 0 Å². The van der Waals surface area contributed by atoms with Gasteiger partial charge in [-0.2, -0.15) is 0 Å². The van der Waals surface area contributed by atoms with Crippen molar-refractivity contribution >= 4 is 17.2 Å². The Morgan fingerprint density at radius 3 is 1.43 bits per heavy atom. The van der Waals surface area contributed by atoms with Crippen molar-refractivity contribution in [1.82, 2.24) is 0 Å². The van der Waals surface area contributed by atoms with Crippen molar-refractivity contribution in [2.45, 2.75) is 0 Å². The van der Waals surface area contributed by atoms with Crippen LogP contribution in [-0.4, -0.2) is 58.4 Å². The van der Waals surface area contributed by atoms with Gasteiger partial charge in [-0.1, -0.05) is 6.26 Å². The summed E-state index contributed by atoms with van der Waals surface area (Å²) in [5, 5.41) is 0. The maximum Gasteiger partial charge on any atom is 0.0658 e. The van der Waals surface area contributed by atoms with E-state index < -0.39 is 10.9 Å². The molecule has 87 valence electrons. The van der Waals surface area contributed by atoms with E-state index in [1.165, 1.54) is 0 Å². The number of hydrogen-bond acceptors (Lipinski definition) is 4. The fourth-order valence-electron chi connectivity index (χ4n) is 0.194. The summed E-state index contributed by atoms with van der Waals surface area (Å²) < 4.78 is 27.9. The molecule has 0 saturated heterocycles. The summed E-state index contributed by atoms with van der Waals surface area (Å²) in [5.74, 6) is 0. The Labute approximate surface area is 114 Å². The summed E-state index contributed by atoms with van der Waals surface area (Å²) in [7, 11) is 1.93. The van der Waals surface area contributed by atoms with E-state index in [4.69, 9.17) is 13.7 Å². The number of nitrogens with zero attached hydrogens (tertiary/aromatic N) is 1. The Balaban J connectivity index is -0.0000000651. The first-order valence-electron chi connectivity index (χ1n) is 3.12. The molecule has 0 aromatic rings. The average molecular weight is 300 g/mol. The van der Waals surface area contributed by atoms with E-state index in [9.17, 15) is 4.79 Å². The SMILES string of the molecule is CS([O-])([O-])[O-].C[N+](C)(C)C[C-]=O.[CH3-].[Y]. The Hall–Kier alpha value is 0.964. The first-order valence-corrected chi connectivity index (χ1v) is 4.94. The molecule has 0 aromatic heterocycles. The van der Waals surface area contributed by atoms with Crippen molar-refractivity contribution in [3.05, 3.63) is 7.43 Å². The van der Waals surface area contributed by atoms with E-state index in [1.807, 2.05) is 27.4 Å². The smallest absolute Gasteiger partial charge is 0.0658 e. The molecule has 0 unspecified atom stereocenters. The first kappa shape index (κ1) is 24.3. The molecule has 0 heterocycles. The third kappa shape index (κ3) is 75.3. The van der Waals surface area contributed by atoms with Gasteiger partial charge in [0.05, 0.1) is 21.1 Å². The third-order valence-corrected chi connectivity index (χ3v) is 0.539. The van der Waals surface area contributed by atoms with Crippen LogP contribution in [0.25, 0.3) is 0 Å². The molecule has 0 saturated carbocycles. The van der Waals surface area contributed by atoms with Gasteiger partial charge in [0.1, 0.15) is 0 Å². The van der Waals surface area contributed by atoms with Gasteiger partial charge in [-0.25, -0.2) is 6.29 Å². The van der Waals surface area contributed by atoms with Gasteiger partial charge in [-0.15, -0.1) is 0 Å². The number of carbonyl (C=O) groups excluding carboxylic acids is 1. The van der Waals surface area contributed by atoms with Crippen LogP contribution in [0.15, 0.2) is 0 Å². The van der Waals surface area contributed by atoms with Gasteiger partial charge in [0.2, 0.25) is 0 Å². The number of quaternary nitrogens is 1. The predicted octanol–water partition coefficient (Wildman–Crippen LogP) is 0.0621. The topological polar surface area (TPSA) is 86.2 Å². The minimum atomic E-state index is -3.92. The van der Waals surface area contributed by atoms with E-state index in [0.29, 0.717) is 17.3 Å². The van der Waals surface area contributed by atoms with Crippen LogP contribution in [0.3, 0.4) is 0 Å². The minimum absolute atomic E-state index is 0. The van der Waals surface area contributed by atoms with Gasteiger partial charge in [0.15, 0.2) is 0 Å². The number of hydrogen-bond donors (Lipinski definition) is 0. The molecule has 0 aliphatic carbocycles.